The Balaban J connectivity index is 2.27. The van der Waals surface area contributed by atoms with Crippen LogP contribution in [-0.2, 0) is 9.47 Å². The zero-order valence-corrected chi connectivity index (χ0v) is 12.5. The summed E-state index contributed by atoms with van der Waals surface area (Å²) in [5.74, 6) is 0.850. The third kappa shape index (κ3) is 7.33. The molecule has 0 aliphatic heterocycles. The highest BCUT2D eigenvalue weighted by Gasteiger charge is 2.05. The summed E-state index contributed by atoms with van der Waals surface area (Å²) in [6.07, 6.45) is 1.02. The SMILES string of the molecule is COCCCN(CCOC)CCOc1ccc(N)cc1. The lowest BCUT2D eigenvalue weighted by Crippen LogP contribution is -2.33. The number of ether oxygens (including phenoxy) is 3. The second-order valence-electron chi connectivity index (χ2n) is 4.60. The van der Waals surface area contributed by atoms with E-state index >= 15 is 0 Å². The highest BCUT2D eigenvalue weighted by atomic mass is 16.5. The summed E-state index contributed by atoms with van der Waals surface area (Å²) in [6, 6.07) is 7.47. The maximum atomic E-state index is 5.71. The predicted molar refractivity (Wildman–Crippen MR) is 81.2 cm³/mol. The number of anilines is 1. The van der Waals surface area contributed by atoms with E-state index in [1.807, 2.05) is 24.3 Å². The van der Waals surface area contributed by atoms with E-state index in [2.05, 4.69) is 4.90 Å². The van der Waals surface area contributed by atoms with Gasteiger partial charge in [-0.25, -0.2) is 0 Å². The molecule has 0 amide bonds. The van der Waals surface area contributed by atoms with Crippen LogP contribution in [0.2, 0.25) is 0 Å². The van der Waals surface area contributed by atoms with Crippen molar-refractivity contribution in [1.29, 1.82) is 0 Å². The maximum Gasteiger partial charge on any atom is 0.119 e. The fourth-order valence-corrected chi connectivity index (χ4v) is 1.84. The third-order valence-corrected chi connectivity index (χ3v) is 2.99. The summed E-state index contributed by atoms with van der Waals surface area (Å²) in [5, 5.41) is 0. The van der Waals surface area contributed by atoms with Gasteiger partial charge in [0, 0.05) is 46.1 Å². The Morgan fingerprint density at radius 1 is 0.900 bits per heavy atom. The van der Waals surface area contributed by atoms with Crippen molar-refractivity contribution >= 4 is 5.69 Å². The molecule has 0 spiro atoms. The van der Waals surface area contributed by atoms with Crippen LogP contribution in [0.5, 0.6) is 5.75 Å². The number of hydrogen-bond donors (Lipinski definition) is 1. The van der Waals surface area contributed by atoms with Crippen molar-refractivity contribution in [2.45, 2.75) is 6.42 Å². The van der Waals surface area contributed by atoms with Gasteiger partial charge in [-0.1, -0.05) is 0 Å². The normalized spacial score (nSPS) is 10.9. The molecule has 5 nitrogen and oxygen atoms in total. The largest absolute Gasteiger partial charge is 0.492 e. The average Bonchev–Trinajstić information content (AvgIpc) is 2.46. The van der Waals surface area contributed by atoms with Crippen molar-refractivity contribution < 1.29 is 14.2 Å². The van der Waals surface area contributed by atoms with Crippen molar-refractivity contribution in [1.82, 2.24) is 4.90 Å². The first kappa shape index (κ1) is 16.8. The Kier molecular flexibility index (Phi) is 8.78. The summed E-state index contributed by atoms with van der Waals surface area (Å²) in [4.78, 5) is 2.32. The van der Waals surface area contributed by atoms with Gasteiger partial charge in [-0.15, -0.1) is 0 Å². The van der Waals surface area contributed by atoms with Crippen LogP contribution in [0.4, 0.5) is 5.69 Å². The van der Waals surface area contributed by atoms with E-state index in [1.54, 1.807) is 14.2 Å². The predicted octanol–water partition coefficient (Wildman–Crippen LogP) is 1.63. The van der Waals surface area contributed by atoms with Crippen molar-refractivity contribution in [3.63, 3.8) is 0 Å². The molecule has 0 atom stereocenters. The first-order valence-corrected chi connectivity index (χ1v) is 6.95. The van der Waals surface area contributed by atoms with Gasteiger partial charge in [0.15, 0.2) is 0 Å². The fraction of sp³-hybridized carbons (Fsp3) is 0.600. The topological polar surface area (TPSA) is 57.0 Å². The third-order valence-electron chi connectivity index (χ3n) is 2.99. The molecular weight excluding hydrogens is 256 g/mol. The molecule has 20 heavy (non-hydrogen) atoms. The molecule has 0 aromatic heterocycles. The van der Waals surface area contributed by atoms with Crippen molar-refractivity contribution in [2.75, 3.05) is 59.4 Å². The molecule has 0 fully saturated rings. The van der Waals surface area contributed by atoms with Crippen LogP contribution in [0.15, 0.2) is 24.3 Å². The second kappa shape index (κ2) is 10.5. The van der Waals surface area contributed by atoms with Crippen LogP contribution >= 0.6 is 0 Å². The summed E-state index contributed by atoms with van der Waals surface area (Å²) in [5.41, 5.74) is 6.39. The van der Waals surface area contributed by atoms with E-state index in [0.717, 1.165) is 50.7 Å². The van der Waals surface area contributed by atoms with Gasteiger partial charge < -0.3 is 19.9 Å². The van der Waals surface area contributed by atoms with Gasteiger partial charge in [-0.2, -0.15) is 0 Å². The molecular formula is C15H26N2O3. The summed E-state index contributed by atoms with van der Waals surface area (Å²) in [6.45, 7) is 4.93. The van der Waals surface area contributed by atoms with E-state index in [-0.39, 0.29) is 0 Å². The lowest BCUT2D eigenvalue weighted by molar-refractivity contribution is 0.121. The van der Waals surface area contributed by atoms with Gasteiger partial charge >= 0.3 is 0 Å². The number of nitrogens with two attached hydrogens (primary N) is 1. The van der Waals surface area contributed by atoms with Crippen molar-refractivity contribution in [3.8, 4) is 5.75 Å². The first-order chi connectivity index (χ1) is 9.76. The Morgan fingerprint density at radius 2 is 1.55 bits per heavy atom. The maximum absolute atomic E-state index is 5.71. The molecule has 1 rings (SSSR count). The van der Waals surface area contributed by atoms with E-state index in [9.17, 15) is 0 Å². The Bertz CT molecular complexity index is 343. The van der Waals surface area contributed by atoms with Gasteiger partial charge in [0.05, 0.1) is 6.61 Å². The summed E-state index contributed by atoms with van der Waals surface area (Å²) in [7, 11) is 3.45. The van der Waals surface area contributed by atoms with E-state index in [1.165, 1.54) is 0 Å². The molecule has 2 N–H and O–H groups in total. The zero-order chi connectivity index (χ0) is 14.6. The number of rotatable bonds is 11. The number of nitrogens with zero attached hydrogens (tertiary/aromatic N) is 1. The summed E-state index contributed by atoms with van der Waals surface area (Å²) >= 11 is 0. The lowest BCUT2D eigenvalue weighted by atomic mass is 10.3. The molecule has 1 aromatic rings. The standard InChI is InChI=1S/C15H26N2O3/c1-18-11-3-8-17(9-12-19-2)10-13-20-15-6-4-14(16)5-7-15/h4-7H,3,8-13,16H2,1-2H3. The molecule has 114 valence electrons. The van der Waals surface area contributed by atoms with Crippen molar-refractivity contribution in [3.05, 3.63) is 24.3 Å². The molecule has 0 unspecified atom stereocenters. The minimum atomic E-state index is 0.653. The number of methoxy groups -OCH3 is 2. The minimum Gasteiger partial charge on any atom is -0.492 e. The van der Waals surface area contributed by atoms with E-state index in [4.69, 9.17) is 19.9 Å². The molecule has 0 aliphatic carbocycles. The number of nitrogen functional groups attached to an aromatic ring is 1. The molecule has 0 bridgehead atoms. The number of benzene rings is 1. The zero-order valence-electron chi connectivity index (χ0n) is 12.5. The van der Waals surface area contributed by atoms with Crippen LogP contribution in [0.3, 0.4) is 0 Å². The first-order valence-electron chi connectivity index (χ1n) is 6.95. The molecule has 1 aromatic carbocycles. The lowest BCUT2D eigenvalue weighted by Gasteiger charge is -2.21. The Morgan fingerprint density at radius 3 is 2.20 bits per heavy atom. The van der Waals surface area contributed by atoms with Gasteiger partial charge in [0.1, 0.15) is 12.4 Å². The van der Waals surface area contributed by atoms with Crippen molar-refractivity contribution in [2.24, 2.45) is 0 Å². The fourth-order valence-electron chi connectivity index (χ4n) is 1.84. The molecule has 0 saturated heterocycles. The Hall–Kier alpha value is -1.30. The minimum absolute atomic E-state index is 0.653. The molecule has 5 heteroatoms. The quantitative estimate of drug-likeness (QED) is 0.494. The van der Waals surface area contributed by atoms with Gasteiger partial charge in [0.2, 0.25) is 0 Å². The molecule has 0 radical (unpaired) electrons. The second-order valence-corrected chi connectivity index (χ2v) is 4.60. The van der Waals surface area contributed by atoms with Crippen LogP contribution in [-0.4, -0.2) is 58.6 Å². The summed E-state index contributed by atoms with van der Waals surface area (Å²) < 4.78 is 15.9. The van der Waals surface area contributed by atoms with Gasteiger partial charge in [0.25, 0.3) is 0 Å². The molecule has 0 aliphatic rings. The van der Waals surface area contributed by atoms with Crippen LogP contribution in [0.1, 0.15) is 6.42 Å². The highest BCUT2D eigenvalue weighted by Crippen LogP contribution is 2.12. The van der Waals surface area contributed by atoms with Crippen LogP contribution in [0, 0.1) is 0 Å². The average molecular weight is 282 g/mol. The van der Waals surface area contributed by atoms with E-state index < -0.39 is 0 Å². The smallest absolute Gasteiger partial charge is 0.119 e. The monoisotopic (exact) mass is 282 g/mol. The molecule has 0 heterocycles. The van der Waals surface area contributed by atoms with Crippen LogP contribution in [0.25, 0.3) is 0 Å². The Labute approximate surface area is 121 Å². The van der Waals surface area contributed by atoms with Gasteiger partial charge in [-0.3, -0.25) is 4.90 Å². The highest BCUT2D eigenvalue weighted by molar-refractivity contribution is 5.41. The molecule has 0 saturated carbocycles. The van der Waals surface area contributed by atoms with E-state index in [0.29, 0.717) is 6.61 Å². The van der Waals surface area contributed by atoms with Crippen LogP contribution < -0.4 is 10.5 Å². The number of hydrogen-bond acceptors (Lipinski definition) is 5. The van der Waals surface area contributed by atoms with Gasteiger partial charge in [-0.05, 0) is 30.7 Å².